The molecule has 142 valence electrons. The highest BCUT2D eigenvalue weighted by molar-refractivity contribution is 7.90. The number of benzene rings is 3. The summed E-state index contributed by atoms with van der Waals surface area (Å²) in [4.78, 5) is 0.259. The zero-order chi connectivity index (χ0) is 19.6. The lowest BCUT2D eigenvalue weighted by atomic mass is 10.2. The fourth-order valence-corrected chi connectivity index (χ4v) is 4.83. The van der Waals surface area contributed by atoms with Crippen molar-refractivity contribution in [2.45, 2.75) is 11.4 Å². The van der Waals surface area contributed by atoms with Crippen LogP contribution in [0.3, 0.4) is 0 Å². The van der Waals surface area contributed by atoms with Gasteiger partial charge in [0, 0.05) is 5.39 Å². The van der Waals surface area contributed by atoms with Gasteiger partial charge in [0.25, 0.3) is 10.0 Å². The molecule has 0 unspecified atom stereocenters. The fourth-order valence-electron chi connectivity index (χ4n) is 3.27. The van der Waals surface area contributed by atoms with E-state index in [0.29, 0.717) is 23.5 Å². The van der Waals surface area contributed by atoms with Gasteiger partial charge in [-0.3, -0.25) is 0 Å². The van der Waals surface area contributed by atoms with Gasteiger partial charge in [-0.15, -0.1) is 0 Å². The third-order valence-corrected chi connectivity index (χ3v) is 6.37. The topological polar surface area (TPSA) is 60.3 Å². The van der Waals surface area contributed by atoms with E-state index in [1.165, 1.54) is 3.97 Å². The summed E-state index contributed by atoms with van der Waals surface area (Å²) in [6, 6.07) is 25.4. The second-order valence-corrected chi connectivity index (χ2v) is 8.12. The molecule has 5 nitrogen and oxygen atoms in total. The van der Waals surface area contributed by atoms with E-state index >= 15 is 0 Å². The number of ether oxygens (including phenoxy) is 1. The van der Waals surface area contributed by atoms with Gasteiger partial charge in [0.05, 0.1) is 35.4 Å². The van der Waals surface area contributed by atoms with E-state index < -0.39 is 10.0 Å². The van der Waals surface area contributed by atoms with Crippen molar-refractivity contribution in [2.24, 2.45) is 0 Å². The first-order valence-electron chi connectivity index (χ1n) is 8.88. The Morgan fingerprint density at radius 3 is 2.36 bits per heavy atom. The Kier molecular flexibility index (Phi) is 4.79. The van der Waals surface area contributed by atoms with Gasteiger partial charge in [0.2, 0.25) is 0 Å². The Morgan fingerprint density at radius 1 is 0.893 bits per heavy atom. The maximum absolute atomic E-state index is 13.4. The van der Waals surface area contributed by atoms with Crippen molar-refractivity contribution < 1.29 is 13.2 Å². The zero-order valence-electron chi connectivity index (χ0n) is 15.4. The van der Waals surface area contributed by atoms with E-state index in [0.717, 1.165) is 11.1 Å². The molecular weight excluding hydrogens is 372 g/mol. The number of methoxy groups -OCH3 is 1. The summed E-state index contributed by atoms with van der Waals surface area (Å²) in [7, 11) is -2.12. The molecule has 1 N–H and O–H groups in total. The van der Waals surface area contributed by atoms with Crippen LogP contribution in [0.1, 0.15) is 5.69 Å². The monoisotopic (exact) mass is 392 g/mol. The first kappa shape index (κ1) is 18.1. The van der Waals surface area contributed by atoms with Gasteiger partial charge in [0.15, 0.2) is 0 Å². The molecule has 0 amide bonds. The Hall–Kier alpha value is -3.25. The lowest BCUT2D eigenvalue weighted by molar-refractivity contribution is 0.416. The summed E-state index contributed by atoms with van der Waals surface area (Å²) in [5, 5.41) is 4.17. The van der Waals surface area contributed by atoms with Crippen LogP contribution in [-0.2, 0) is 16.6 Å². The maximum atomic E-state index is 13.4. The third-order valence-electron chi connectivity index (χ3n) is 4.59. The number of rotatable bonds is 6. The fraction of sp³-hybridized carbons (Fsp3) is 0.0909. The second kappa shape index (κ2) is 7.40. The Bertz CT molecular complexity index is 1220. The van der Waals surface area contributed by atoms with Crippen molar-refractivity contribution in [3.8, 4) is 5.75 Å². The highest BCUT2D eigenvalue weighted by Gasteiger charge is 2.22. The van der Waals surface area contributed by atoms with Crippen LogP contribution in [0.15, 0.2) is 89.8 Å². The van der Waals surface area contributed by atoms with E-state index in [-0.39, 0.29) is 4.90 Å². The maximum Gasteiger partial charge on any atom is 0.268 e. The molecule has 4 rings (SSSR count). The molecule has 3 aromatic carbocycles. The van der Waals surface area contributed by atoms with Crippen LogP contribution in [0.5, 0.6) is 5.75 Å². The molecule has 0 aliphatic rings. The van der Waals surface area contributed by atoms with Gasteiger partial charge in [-0.2, -0.15) is 0 Å². The molecule has 6 heteroatoms. The van der Waals surface area contributed by atoms with E-state index in [4.69, 9.17) is 4.74 Å². The minimum Gasteiger partial charge on any atom is -0.495 e. The zero-order valence-corrected chi connectivity index (χ0v) is 16.2. The van der Waals surface area contributed by atoms with Crippen molar-refractivity contribution in [2.75, 3.05) is 12.4 Å². The van der Waals surface area contributed by atoms with Crippen LogP contribution in [0, 0.1) is 0 Å². The van der Waals surface area contributed by atoms with E-state index in [9.17, 15) is 8.42 Å². The summed E-state index contributed by atoms with van der Waals surface area (Å²) in [5.41, 5.74) is 2.11. The molecular formula is C22H20N2O3S. The first-order valence-corrected chi connectivity index (χ1v) is 10.3. The average Bonchev–Trinajstić information content (AvgIpc) is 3.12. The number of aromatic nitrogens is 1. The number of nitrogens with zero attached hydrogens (tertiary/aromatic N) is 1. The highest BCUT2D eigenvalue weighted by Crippen LogP contribution is 2.28. The van der Waals surface area contributed by atoms with Gasteiger partial charge in [-0.25, -0.2) is 12.4 Å². The third kappa shape index (κ3) is 3.23. The van der Waals surface area contributed by atoms with Gasteiger partial charge in [-0.1, -0.05) is 48.5 Å². The second-order valence-electron chi connectivity index (χ2n) is 6.33. The molecule has 1 aromatic heterocycles. The van der Waals surface area contributed by atoms with E-state index in [1.54, 1.807) is 37.4 Å². The number of anilines is 1. The quantitative estimate of drug-likeness (QED) is 0.525. The Labute approximate surface area is 164 Å². The number of para-hydroxylation sites is 3. The average molecular weight is 392 g/mol. The van der Waals surface area contributed by atoms with Crippen LogP contribution in [-0.4, -0.2) is 19.5 Å². The number of hydrogen-bond acceptors (Lipinski definition) is 4. The molecule has 0 atom stereocenters. The van der Waals surface area contributed by atoms with Crippen molar-refractivity contribution >= 4 is 26.6 Å². The summed E-state index contributed by atoms with van der Waals surface area (Å²) in [6.45, 7) is 0.334. The van der Waals surface area contributed by atoms with Crippen LogP contribution >= 0.6 is 0 Å². The predicted molar refractivity (Wildman–Crippen MR) is 111 cm³/mol. The molecule has 0 aliphatic heterocycles. The van der Waals surface area contributed by atoms with Gasteiger partial charge < -0.3 is 10.1 Å². The summed E-state index contributed by atoms with van der Waals surface area (Å²) in [6.07, 6.45) is 0. The minimum atomic E-state index is -3.73. The van der Waals surface area contributed by atoms with E-state index in [2.05, 4.69) is 5.32 Å². The van der Waals surface area contributed by atoms with Crippen LogP contribution in [0.4, 0.5) is 5.69 Å². The molecule has 28 heavy (non-hydrogen) atoms. The predicted octanol–water partition coefficient (Wildman–Crippen LogP) is 4.50. The normalized spacial score (nSPS) is 11.5. The molecule has 4 aromatic rings. The number of hydrogen-bond donors (Lipinski definition) is 1. The molecule has 0 saturated carbocycles. The lowest BCUT2D eigenvalue weighted by Crippen LogP contribution is -2.17. The van der Waals surface area contributed by atoms with Gasteiger partial charge in [-0.05, 0) is 36.4 Å². The van der Waals surface area contributed by atoms with Gasteiger partial charge >= 0.3 is 0 Å². The van der Waals surface area contributed by atoms with E-state index in [1.807, 2.05) is 54.6 Å². The molecule has 0 saturated heterocycles. The van der Waals surface area contributed by atoms with Crippen molar-refractivity contribution in [3.05, 3.63) is 90.6 Å². The molecule has 0 spiro atoms. The standard InChI is InChI=1S/C22H20N2O3S/c1-27-22-14-8-6-12-20(22)23-16-18-15-17-9-5-7-13-21(17)24(18)28(25,26)19-10-3-2-4-11-19/h2-15,23H,16H2,1H3. The lowest BCUT2D eigenvalue weighted by Gasteiger charge is -2.14. The molecule has 0 aliphatic carbocycles. The molecule has 1 heterocycles. The molecule has 0 fully saturated rings. The van der Waals surface area contributed by atoms with Gasteiger partial charge in [0.1, 0.15) is 5.75 Å². The highest BCUT2D eigenvalue weighted by atomic mass is 32.2. The number of nitrogens with one attached hydrogen (secondary N) is 1. The number of fused-ring (bicyclic) bond motifs is 1. The van der Waals surface area contributed by atoms with Crippen LogP contribution in [0.25, 0.3) is 10.9 Å². The van der Waals surface area contributed by atoms with Crippen LogP contribution < -0.4 is 10.1 Å². The largest absolute Gasteiger partial charge is 0.495 e. The SMILES string of the molecule is COc1ccccc1NCc1cc2ccccc2n1S(=O)(=O)c1ccccc1. The molecule has 0 radical (unpaired) electrons. The molecule has 0 bridgehead atoms. The van der Waals surface area contributed by atoms with Crippen LogP contribution in [0.2, 0.25) is 0 Å². The summed E-state index contributed by atoms with van der Waals surface area (Å²) in [5.74, 6) is 0.705. The Balaban J connectivity index is 1.80. The van der Waals surface area contributed by atoms with Crippen molar-refractivity contribution in [3.63, 3.8) is 0 Å². The first-order chi connectivity index (χ1) is 13.6. The van der Waals surface area contributed by atoms with Crippen molar-refractivity contribution in [1.29, 1.82) is 0 Å². The summed E-state index contributed by atoms with van der Waals surface area (Å²) >= 11 is 0. The summed E-state index contributed by atoms with van der Waals surface area (Å²) < 4.78 is 33.5. The minimum absolute atomic E-state index is 0.259. The van der Waals surface area contributed by atoms with Crippen molar-refractivity contribution in [1.82, 2.24) is 3.97 Å². The smallest absolute Gasteiger partial charge is 0.268 e. The Morgan fingerprint density at radius 2 is 1.57 bits per heavy atom.